The van der Waals surface area contributed by atoms with Crippen molar-refractivity contribution in [1.29, 1.82) is 5.26 Å². The van der Waals surface area contributed by atoms with Crippen molar-refractivity contribution >= 4 is 5.65 Å². The fraction of sp³-hybridized carbons (Fsp3) is 0.136. The van der Waals surface area contributed by atoms with Crippen LogP contribution in [0.3, 0.4) is 0 Å². The standard InChI is InChI=1S/C22H16F2N4O/c1-3-18-19(16-9-8-15(23)10-17(16)24)21-26-20(12(2)22(29)28(21)27-18)14-6-4-13(11-25)5-7-14/h4-10,27H,3H2,1-2H3. The number of rotatable bonds is 3. The van der Waals surface area contributed by atoms with Gasteiger partial charge in [-0.1, -0.05) is 19.1 Å². The van der Waals surface area contributed by atoms with Gasteiger partial charge in [-0.3, -0.25) is 9.89 Å². The van der Waals surface area contributed by atoms with E-state index < -0.39 is 11.6 Å². The van der Waals surface area contributed by atoms with E-state index >= 15 is 0 Å². The Balaban J connectivity index is 2.05. The van der Waals surface area contributed by atoms with E-state index in [1.165, 1.54) is 16.6 Å². The molecule has 0 saturated carbocycles. The van der Waals surface area contributed by atoms with Gasteiger partial charge < -0.3 is 0 Å². The van der Waals surface area contributed by atoms with E-state index in [1.807, 2.05) is 6.92 Å². The first-order valence-electron chi connectivity index (χ1n) is 9.04. The molecule has 144 valence electrons. The van der Waals surface area contributed by atoms with Crippen molar-refractivity contribution in [3.8, 4) is 28.5 Å². The lowest BCUT2D eigenvalue weighted by molar-refractivity contribution is 0.585. The van der Waals surface area contributed by atoms with Crippen LogP contribution in [0.15, 0.2) is 47.3 Å². The SMILES string of the molecule is CCc1[nH]n2c(=O)c(C)c(-c3ccc(C#N)cc3)nc2c1-c1ccc(F)cc1F. The second-order valence-electron chi connectivity index (χ2n) is 6.68. The van der Waals surface area contributed by atoms with Crippen LogP contribution < -0.4 is 5.56 Å². The first-order valence-corrected chi connectivity index (χ1v) is 9.04. The monoisotopic (exact) mass is 390 g/mol. The number of nitrogens with one attached hydrogen (secondary N) is 1. The summed E-state index contributed by atoms with van der Waals surface area (Å²) in [6, 6.07) is 12.1. The van der Waals surface area contributed by atoms with Gasteiger partial charge in [-0.05, 0) is 37.6 Å². The minimum atomic E-state index is -0.726. The first kappa shape index (κ1) is 18.6. The van der Waals surface area contributed by atoms with Crippen molar-refractivity contribution in [3.63, 3.8) is 0 Å². The minimum absolute atomic E-state index is 0.170. The van der Waals surface area contributed by atoms with Crippen molar-refractivity contribution in [3.05, 3.63) is 81.3 Å². The fourth-order valence-electron chi connectivity index (χ4n) is 3.42. The van der Waals surface area contributed by atoms with Gasteiger partial charge in [0.25, 0.3) is 5.56 Å². The van der Waals surface area contributed by atoms with Gasteiger partial charge >= 0.3 is 0 Å². The number of fused-ring (bicyclic) bond motifs is 1. The third kappa shape index (κ3) is 2.99. The molecule has 29 heavy (non-hydrogen) atoms. The molecule has 0 bridgehead atoms. The molecule has 0 amide bonds. The van der Waals surface area contributed by atoms with Crippen LogP contribution in [0.5, 0.6) is 0 Å². The summed E-state index contributed by atoms with van der Waals surface area (Å²) in [6.45, 7) is 3.54. The second kappa shape index (κ2) is 6.99. The zero-order valence-electron chi connectivity index (χ0n) is 15.8. The summed E-state index contributed by atoms with van der Waals surface area (Å²) in [5.41, 5.74) is 3.21. The molecule has 4 aromatic rings. The zero-order chi connectivity index (χ0) is 20.7. The lowest BCUT2D eigenvalue weighted by Gasteiger charge is -2.08. The Kier molecular flexibility index (Phi) is 4.47. The number of benzene rings is 2. The van der Waals surface area contributed by atoms with E-state index in [2.05, 4.69) is 16.2 Å². The molecule has 0 aliphatic heterocycles. The molecule has 5 nitrogen and oxygen atoms in total. The van der Waals surface area contributed by atoms with Gasteiger partial charge in [-0.15, -0.1) is 0 Å². The van der Waals surface area contributed by atoms with Crippen LogP contribution in [0.1, 0.15) is 23.7 Å². The molecule has 2 heterocycles. The van der Waals surface area contributed by atoms with Gasteiger partial charge in [0.05, 0.1) is 22.9 Å². The number of aromatic nitrogens is 3. The van der Waals surface area contributed by atoms with E-state index in [0.29, 0.717) is 40.1 Å². The lowest BCUT2D eigenvalue weighted by Crippen LogP contribution is -2.19. The summed E-state index contributed by atoms with van der Waals surface area (Å²) in [4.78, 5) is 17.6. The Labute approximate surface area is 164 Å². The maximum Gasteiger partial charge on any atom is 0.276 e. The molecule has 0 saturated heterocycles. The van der Waals surface area contributed by atoms with Gasteiger partial charge in [0.1, 0.15) is 11.6 Å². The Hall–Kier alpha value is -3.79. The number of aryl methyl sites for hydroxylation is 1. The highest BCUT2D eigenvalue weighted by Crippen LogP contribution is 2.31. The van der Waals surface area contributed by atoms with Crippen LogP contribution in [-0.4, -0.2) is 14.6 Å². The smallest absolute Gasteiger partial charge is 0.276 e. The molecular formula is C22H16F2N4O. The van der Waals surface area contributed by atoms with Crippen molar-refractivity contribution in [2.24, 2.45) is 0 Å². The quantitative estimate of drug-likeness (QED) is 0.564. The summed E-state index contributed by atoms with van der Waals surface area (Å²) in [5.74, 6) is -1.40. The van der Waals surface area contributed by atoms with Crippen molar-refractivity contribution in [2.45, 2.75) is 20.3 Å². The first-order chi connectivity index (χ1) is 13.9. The van der Waals surface area contributed by atoms with Crippen LogP contribution in [0, 0.1) is 29.9 Å². The molecule has 0 atom stereocenters. The Bertz CT molecular complexity index is 1340. The summed E-state index contributed by atoms with van der Waals surface area (Å²) in [7, 11) is 0. The summed E-state index contributed by atoms with van der Waals surface area (Å²) in [5, 5.41) is 12.0. The number of H-pyrrole nitrogens is 1. The summed E-state index contributed by atoms with van der Waals surface area (Å²) in [6.07, 6.45) is 0.500. The molecule has 0 aliphatic rings. The van der Waals surface area contributed by atoms with Gasteiger partial charge in [-0.2, -0.15) is 5.26 Å². The number of hydrogen-bond donors (Lipinski definition) is 1. The predicted molar refractivity (Wildman–Crippen MR) is 105 cm³/mol. The molecule has 0 aliphatic carbocycles. The van der Waals surface area contributed by atoms with Crippen molar-refractivity contribution in [2.75, 3.05) is 0 Å². The number of hydrogen-bond acceptors (Lipinski definition) is 3. The predicted octanol–water partition coefficient (Wildman–Crippen LogP) is 4.38. The van der Waals surface area contributed by atoms with Crippen LogP contribution >= 0.6 is 0 Å². The second-order valence-corrected chi connectivity index (χ2v) is 6.68. The third-order valence-electron chi connectivity index (χ3n) is 4.92. The maximum absolute atomic E-state index is 14.5. The minimum Gasteiger partial charge on any atom is -0.293 e. The number of nitrogens with zero attached hydrogens (tertiary/aromatic N) is 3. The highest BCUT2D eigenvalue weighted by atomic mass is 19.1. The summed E-state index contributed by atoms with van der Waals surface area (Å²) < 4.78 is 29.2. The average molecular weight is 390 g/mol. The Morgan fingerprint density at radius 3 is 2.52 bits per heavy atom. The lowest BCUT2D eigenvalue weighted by atomic mass is 10.0. The molecule has 2 aromatic heterocycles. The Morgan fingerprint density at radius 1 is 1.17 bits per heavy atom. The molecule has 2 aromatic carbocycles. The average Bonchev–Trinajstić information content (AvgIpc) is 3.09. The normalized spacial score (nSPS) is 11.0. The summed E-state index contributed by atoms with van der Waals surface area (Å²) >= 11 is 0. The van der Waals surface area contributed by atoms with E-state index in [0.717, 1.165) is 6.07 Å². The molecule has 0 fully saturated rings. The van der Waals surface area contributed by atoms with E-state index in [4.69, 9.17) is 5.26 Å². The fourth-order valence-corrected chi connectivity index (χ4v) is 3.42. The van der Waals surface area contributed by atoms with E-state index in [1.54, 1.807) is 31.2 Å². The van der Waals surface area contributed by atoms with Gasteiger partial charge in [0.2, 0.25) is 0 Å². The zero-order valence-corrected chi connectivity index (χ0v) is 15.8. The Morgan fingerprint density at radius 2 is 1.90 bits per heavy atom. The number of nitriles is 1. The van der Waals surface area contributed by atoms with Gasteiger partial charge in [0, 0.05) is 28.5 Å². The molecule has 1 N–H and O–H groups in total. The topological polar surface area (TPSA) is 73.9 Å². The van der Waals surface area contributed by atoms with Crippen LogP contribution in [0.2, 0.25) is 0 Å². The molecule has 0 unspecified atom stereocenters. The molecule has 0 radical (unpaired) electrons. The van der Waals surface area contributed by atoms with E-state index in [9.17, 15) is 13.6 Å². The van der Waals surface area contributed by atoms with Crippen LogP contribution in [0.4, 0.5) is 8.78 Å². The molecule has 7 heteroatoms. The van der Waals surface area contributed by atoms with Crippen molar-refractivity contribution in [1.82, 2.24) is 14.6 Å². The van der Waals surface area contributed by atoms with Crippen LogP contribution in [-0.2, 0) is 6.42 Å². The maximum atomic E-state index is 14.5. The highest BCUT2D eigenvalue weighted by molar-refractivity contribution is 5.82. The van der Waals surface area contributed by atoms with Crippen LogP contribution in [0.25, 0.3) is 28.0 Å². The largest absolute Gasteiger partial charge is 0.293 e. The molecule has 0 spiro atoms. The third-order valence-corrected chi connectivity index (χ3v) is 4.92. The van der Waals surface area contributed by atoms with E-state index in [-0.39, 0.29) is 16.8 Å². The number of halogens is 2. The molecule has 4 rings (SSSR count). The molecular weight excluding hydrogens is 374 g/mol. The highest BCUT2D eigenvalue weighted by Gasteiger charge is 2.21. The van der Waals surface area contributed by atoms with Gasteiger partial charge in [0.15, 0.2) is 5.65 Å². The van der Waals surface area contributed by atoms with Crippen molar-refractivity contribution < 1.29 is 8.78 Å². The van der Waals surface area contributed by atoms with Gasteiger partial charge in [-0.25, -0.2) is 18.3 Å². The number of aromatic amines is 1.